The Kier molecular flexibility index (Phi) is 10.5. The van der Waals surface area contributed by atoms with Gasteiger partial charge in [-0.3, -0.25) is 4.90 Å². The van der Waals surface area contributed by atoms with Gasteiger partial charge in [-0.2, -0.15) is 0 Å². The van der Waals surface area contributed by atoms with E-state index in [4.69, 9.17) is 5.11 Å². The maximum atomic E-state index is 9.04. The highest BCUT2D eigenvalue weighted by Gasteiger charge is 2.03. The Morgan fingerprint density at radius 2 is 1.28 bits per heavy atom. The van der Waals surface area contributed by atoms with Gasteiger partial charge in [-0.1, -0.05) is 0 Å². The van der Waals surface area contributed by atoms with Gasteiger partial charge in [-0.15, -0.1) is 0 Å². The van der Waals surface area contributed by atoms with Crippen molar-refractivity contribution in [2.45, 2.75) is 19.3 Å². The van der Waals surface area contributed by atoms with Crippen molar-refractivity contribution >= 4 is 0 Å². The zero-order chi connectivity index (χ0) is 12.9. The van der Waals surface area contributed by atoms with Gasteiger partial charge in [-0.05, 0) is 58.5 Å². The lowest BCUT2D eigenvalue weighted by Crippen LogP contribution is -2.36. The van der Waals surface area contributed by atoms with Gasteiger partial charge in [-0.25, -0.2) is 0 Å². The number of nitrogens with one attached hydrogen (secondary N) is 3. The summed E-state index contributed by atoms with van der Waals surface area (Å²) >= 11 is 0. The predicted octanol–water partition coefficient (Wildman–Crippen LogP) is -0.767. The summed E-state index contributed by atoms with van der Waals surface area (Å²) in [6, 6.07) is 0. The van der Waals surface area contributed by atoms with Crippen molar-refractivity contribution in [3.05, 3.63) is 0 Å². The molecule has 0 atom stereocenters. The van der Waals surface area contributed by atoms with E-state index in [-0.39, 0.29) is 6.61 Å². The highest BCUT2D eigenvalue weighted by molar-refractivity contribution is 4.62. The van der Waals surface area contributed by atoms with Crippen LogP contribution in [0.3, 0.4) is 0 Å². The monoisotopic (exact) mass is 258 g/mol. The van der Waals surface area contributed by atoms with Crippen LogP contribution < -0.4 is 16.0 Å². The fraction of sp³-hybridized carbons (Fsp3) is 1.00. The Hall–Kier alpha value is -0.200. The van der Waals surface area contributed by atoms with Crippen LogP contribution >= 0.6 is 0 Å². The van der Waals surface area contributed by atoms with Gasteiger partial charge in [0.15, 0.2) is 0 Å². The second kappa shape index (κ2) is 11.9. The van der Waals surface area contributed by atoms with E-state index in [1.54, 1.807) is 0 Å². The van der Waals surface area contributed by atoms with Gasteiger partial charge < -0.3 is 21.1 Å². The SMILES string of the molecule is OCCN1CCCNCCCNCCCNCC1. The molecule has 0 saturated carbocycles. The third kappa shape index (κ3) is 8.83. The number of hydrogen-bond acceptors (Lipinski definition) is 5. The third-order valence-electron chi connectivity index (χ3n) is 3.26. The minimum absolute atomic E-state index is 0.261. The summed E-state index contributed by atoms with van der Waals surface area (Å²) in [7, 11) is 0. The molecule has 0 radical (unpaired) electrons. The highest BCUT2D eigenvalue weighted by atomic mass is 16.3. The van der Waals surface area contributed by atoms with E-state index in [1.165, 1.54) is 12.8 Å². The second-order valence-electron chi connectivity index (χ2n) is 4.88. The molecule has 0 spiro atoms. The number of aliphatic hydroxyl groups is 1. The summed E-state index contributed by atoms with van der Waals surface area (Å²) in [5.74, 6) is 0. The summed E-state index contributed by atoms with van der Waals surface area (Å²) in [5.41, 5.74) is 0. The van der Waals surface area contributed by atoms with Crippen LogP contribution in [-0.4, -0.2) is 75.5 Å². The molecular weight excluding hydrogens is 228 g/mol. The molecule has 1 aliphatic heterocycles. The first-order valence-electron chi connectivity index (χ1n) is 7.39. The molecule has 0 aromatic carbocycles. The Morgan fingerprint density at radius 3 is 1.89 bits per heavy atom. The molecule has 108 valence electrons. The third-order valence-corrected chi connectivity index (χ3v) is 3.26. The second-order valence-corrected chi connectivity index (χ2v) is 4.88. The molecule has 4 N–H and O–H groups in total. The Morgan fingerprint density at radius 1 is 0.722 bits per heavy atom. The van der Waals surface area contributed by atoms with Crippen LogP contribution in [0.2, 0.25) is 0 Å². The van der Waals surface area contributed by atoms with Crippen LogP contribution in [-0.2, 0) is 0 Å². The molecule has 5 nitrogen and oxygen atoms in total. The summed E-state index contributed by atoms with van der Waals surface area (Å²) < 4.78 is 0. The molecule has 1 fully saturated rings. The van der Waals surface area contributed by atoms with Crippen LogP contribution in [0.4, 0.5) is 0 Å². The lowest BCUT2D eigenvalue weighted by Gasteiger charge is -2.21. The standard InChI is InChI=1S/C13H30N4O/c18-13-12-17-10-3-8-15-6-1-4-14-5-2-7-16-9-11-17/h14-16,18H,1-13H2. The number of rotatable bonds is 2. The van der Waals surface area contributed by atoms with Crippen molar-refractivity contribution in [3.8, 4) is 0 Å². The van der Waals surface area contributed by atoms with Gasteiger partial charge in [0.2, 0.25) is 0 Å². The van der Waals surface area contributed by atoms with E-state index in [0.29, 0.717) is 0 Å². The quantitative estimate of drug-likeness (QED) is 0.524. The summed E-state index contributed by atoms with van der Waals surface area (Å²) in [4.78, 5) is 2.34. The minimum Gasteiger partial charge on any atom is -0.395 e. The molecule has 0 unspecified atom stereocenters. The molecule has 1 saturated heterocycles. The number of hydrogen-bond donors (Lipinski definition) is 4. The maximum Gasteiger partial charge on any atom is 0.0558 e. The van der Waals surface area contributed by atoms with E-state index in [9.17, 15) is 0 Å². The van der Waals surface area contributed by atoms with Gasteiger partial charge in [0.05, 0.1) is 6.61 Å². The van der Waals surface area contributed by atoms with Crippen molar-refractivity contribution < 1.29 is 5.11 Å². The smallest absolute Gasteiger partial charge is 0.0558 e. The highest BCUT2D eigenvalue weighted by Crippen LogP contribution is 1.91. The summed E-state index contributed by atoms with van der Waals surface area (Å²) in [6.07, 6.45) is 3.55. The Bertz CT molecular complexity index is 164. The van der Waals surface area contributed by atoms with Crippen molar-refractivity contribution in [1.82, 2.24) is 20.9 Å². The molecule has 5 heteroatoms. The minimum atomic E-state index is 0.261. The maximum absolute atomic E-state index is 9.04. The normalized spacial score (nSPS) is 23.2. The Labute approximate surface area is 111 Å². The summed E-state index contributed by atoms with van der Waals surface area (Å²) in [6.45, 7) is 9.67. The average Bonchev–Trinajstić information content (AvgIpc) is 2.39. The summed E-state index contributed by atoms with van der Waals surface area (Å²) in [5, 5.41) is 19.4. The largest absolute Gasteiger partial charge is 0.395 e. The molecule has 1 heterocycles. The van der Waals surface area contributed by atoms with Crippen LogP contribution in [0.5, 0.6) is 0 Å². The van der Waals surface area contributed by atoms with Gasteiger partial charge in [0.25, 0.3) is 0 Å². The molecule has 0 aliphatic carbocycles. The first-order valence-corrected chi connectivity index (χ1v) is 7.39. The van der Waals surface area contributed by atoms with Crippen LogP contribution in [0.1, 0.15) is 19.3 Å². The zero-order valence-corrected chi connectivity index (χ0v) is 11.6. The number of aliphatic hydroxyl groups excluding tert-OH is 1. The average molecular weight is 258 g/mol. The van der Waals surface area contributed by atoms with Crippen LogP contribution in [0.15, 0.2) is 0 Å². The van der Waals surface area contributed by atoms with Gasteiger partial charge in [0.1, 0.15) is 0 Å². The number of β-amino-alcohol motifs (C(OH)–C–C–N with tert-alkyl or cyclic N) is 1. The first-order chi connectivity index (χ1) is 8.93. The van der Waals surface area contributed by atoms with Crippen molar-refractivity contribution in [2.75, 3.05) is 65.5 Å². The molecule has 0 aromatic heterocycles. The molecule has 1 aliphatic rings. The predicted molar refractivity (Wildman–Crippen MR) is 76.0 cm³/mol. The molecule has 18 heavy (non-hydrogen) atoms. The van der Waals surface area contributed by atoms with E-state index >= 15 is 0 Å². The number of nitrogens with zero attached hydrogens (tertiary/aromatic N) is 1. The fourth-order valence-corrected chi connectivity index (χ4v) is 2.19. The Balaban J connectivity index is 2.20. The topological polar surface area (TPSA) is 59.6 Å². The van der Waals surface area contributed by atoms with Gasteiger partial charge >= 0.3 is 0 Å². The first kappa shape index (κ1) is 15.9. The van der Waals surface area contributed by atoms with E-state index < -0.39 is 0 Å². The van der Waals surface area contributed by atoms with Crippen molar-refractivity contribution in [1.29, 1.82) is 0 Å². The molecule has 1 rings (SSSR count). The van der Waals surface area contributed by atoms with E-state index in [1.807, 2.05) is 0 Å². The van der Waals surface area contributed by atoms with E-state index in [0.717, 1.165) is 65.3 Å². The lowest BCUT2D eigenvalue weighted by atomic mass is 10.3. The van der Waals surface area contributed by atoms with E-state index in [2.05, 4.69) is 20.9 Å². The molecule has 0 bridgehead atoms. The van der Waals surface area contributed by atoms with Crippen molar-refractivity contribution in [2.24, 2.45) is 0 Å². The van der Waals surface area contributed by atoms with Crippen LogP contribution in [0.25, 0.3) is 0 Å². The van der Waals surface area contributed by atoms with Crippen LogP contribution in [0, 0.1) is 0 Å². The lowest BCUT2D eigenvalue weighted by molar-refractivity contribution is 0.194. The van der Waals surface area contributed by atoms with Crippen molar-refractivity contribution in [3.63, 3.8) is 0 Å². The molecule has 0 amide bonds. The fourth-order valence-electron chi connectivity index (χ4n) is 2.19. The zero-order valence-electron chi connectivity index (χ0n) is 11.6. The molecule has 0 aromatic rings. The van der Waals surface area contributed by atoms with Gasteiger partial charge in [0, 0.05) is 19.6 Å². The molecular formula is C13H30N4O.